The molecule has 3 nitrogen and oxygen atoms in total. The van der Waals surface area contributed by atoms with Crippen LogP contribution in [0.5, 0.6) is 5.75 Å². The van der Waals surface area contributed by atoms with Crippen LogP contribution in [0, 0.1) is 0 Å². The standard InChI is InChI=1S/C16H21BrO3/c1-9(2)13-6-12(15(19)8-17)7-14(10(3)4)16(13)20-11(5)18/h6-7,9-10H,8H2,1-5H3. The lowest BCUT2D eigenvalue weighted by molar-refractivity contribution is -0.132. The first kappa shape index (κ1) is 16.9. The Balaban J connectivity index is 3.54. The Morgan fingerprint density at radius 1 is 1.10 bits per heavy atom. The van der Waals surface area contributed by atoms with Crippen molar-refractivity contribution in [2.45, 2.75) is 46.5 Å². The largest absolute Gasteiger partial charge is 0.426 e. The van der Waals surface area contributed by atoms with Gasteiger partial charge in [-0.25, -0.2) is 0 Å². The van der Waals surface area contributed by atoms with Gasteiger partial charge in [-0.05, 0) is 35.1 Å². The maximum atomic E-state index is 11.9. The van der Waals surface area contributed by atoms with E-state index in [4.69, 9.17) is 4.74 Å². The van der Waals surface area contributed by atoms with Crippen LogP contribution in [0.3, 0.4) is 0 Å². The third kappa shape index (κ3) is 3.92. The topological polar surface area (TPSA) is 43.4 Å². The van der Waals surface area contributed by atoms with Gasteiger partial charge in [0.1, 0.15) is 5.75 Å². The summed E-state index contributed by atoms with van der Waals surface area (Å²) < 4.78 is 5.41. The number of halogens is 1. The molecule has 0 atom stereocenters. The summed E-state index contributed by atoms with van der Waals surface area (Å²) in [6.07, 6.45) is 0. The molecule has 0 saturated carbocycles. The van der Waals surface area contributed by atoms with Gasteiger partial charge in [-0.3, -0.25) is 9.59 Å². The number of ether oxygens (including phenoxy) is 1. The molecule has 0 N–H and O–H groups in total. The summed E-state index contributed by atoms with van der Waals surface area (Å²) in [5.74, 6) is 0.639. The first-order valence-electron chi connectivity index (χ1n) is 6.73. The number of carbonyl (C=O) groups excluding carboxylic acids is 2. The van der Waals surface area contributed by atoms with Gasteiger partial charge in [0.05, 0.1) is 5.33 Å². The predicted octanol–water partition coefficient (Wildman–Crippen LogP) is 4.44. The Morgan fingerprint density at radius 3 is 1.85 bits per heavy atom. The third-order valence-corrected chi connectivity index (χ3v) is 3.59. The molecule has 0 bridgehead atoms. The molecule has 0 heterocycles. The SMILES string of the molecule is CC(=O)Oc1c(C(C)C)cc(C(=O)CBr)cc1C(C)C. The Kier molecular flexibility index (Phi) is 5.93. The zero-order chi connectivity index (χ0) is 15.4. The van der Waals surface area contributed by atoms with Gasteiger partial charge >= 0.3 is 5.97 Å². The van der Waals surface area contributed by atoms with E-state index in [1.807, 2.05) is 39.8 Å². The molecule has 0 spiro atoms. The highest BCUT2D eigenvalue weighted by molar-refractivity contribution is 9.09. The van der Waals surface area contributed by atoms with Crippen molar-refractivity contribution in [1.82, 2.24) is 0 Å². The van der Waals surface area contributed by atoms with Crippen LogP contribution < -0.4 is 4.74 Å². The molecule has 20 heavy (non-hydrogen) atoms. The van der Waals surface area contributed by atoms with E-state index in [9.17, 15) is 9.59 Å². The highest BCUT2D eigenvalue weighted by atomic mass is 79.9. The van der Waals surface area contributed by atoms with Crippen LogP contribution in [0.25, 0.3) is 0 Å². The van der Waals surface area contributed by atoms with Gasteiger partial charge in [-0.15, -0.1) is 0 Å². The van der Waals surface area contributed by atoms with Crippen molar-refractivity contribution < 1.29 is 14.3 Å². The number of esters is 1. The molecule has 1 rings (SSSR count). The Labute approximate surface area is 128 Å². The van der Waals surface area contributed by atoms with Crippen LogP contribution >= 0.6 is 15.9 Å². The van der Waals surface area contributed by atoms with E-state index in [0.29, 0.717) is 11.3 Å². The van der Waals surface area contributed by atoms with Gasteiger partial charge in [0, 0.05) is 12.5 Å². The van der Waals surface area contributed by atoms with Crippen molar-refractivity contribution >= 4 is 27.7 Å². The highest BCUT2D eigenvalue weighted by Crippen LogP contribution is 2.36. The van der Waals surface area contributed by atoms with Crippen LogP contribution in [-0.2, 0) is 4.79 Å². The molecular weight excluding hydrogens is 320 g/mol. The number of hydrogen-bond acceptors (Lipinski definition) is 3. The number of ketones is 1. The van der Waals surface area contributed by atoms with Crippen molar-refractivity contribution in [2.75, 3.05) is 5.33 Å². The minimum Gasteiger partial charge on any atom is -0.426 e. The normalized spacial score (nSPS) is 11.0. The summed E-state index contributed by atoms with van der Waals surface area (Å²) in [5, 5.41) is 0.287. The molecule has 0 radical (unpaired) electrons. The van der Waals surface area contributed by atoms with Gasteiger partial charge < -0.3 is 4.74 Å². The minimum absolute atomic E-state index is 0.0307. The number of benzene rings is 1. The van der Waals surface area contributed by atoms with Crippen molar-refractivity contribution in [3.05, 3.63) is 28.8 Å². The van der Waals surface area contributed by atoms with E-state index in [1.54, 1.807) is 0 Å². The van der Waals surface area contributed by atoms with E-state index in [2.05, 4.69) is 15.9 Å². The van der Waals surface area contributed by atoms with E-state index >= 15 is 0 Å². The zero-order valence-corrected chi connectivity index (χ0v) is 14.2. The van der Waals surface area contributed by atoms with Crippen LogP contribution in [-0.4, -0.2) is 17.1 Å². The fourth-order valence-corrected chi connectivity index (χ4v) is 2.36. The summed E-state index contributed by atoms with van der Waals surface area (Å²) in [6, 6.07) is 3.66. The maximum Gasteiger partial charge on any atom is 0.308 e. The van der Waals surface area contributed by atoms with Crippen LogP contribution in [0.1, 0.15) is 67.9 Å². The van der Waals surface area contributed by atoms with Gasteiger partial charge in [-0.2, -0.15) is 0 Å². The molecule has 0 aromatic heterocycles. The zero-order valence-electron chi connectivity index (χ0n) is 12.6. The number of alkyl halides is 1. The molecule has 0 amide bonds. The van der Waals surface area contributed by atoms with Crippen molar-refractivity contribution in [1.29, 1.82) is 0 Å². The maximum absolute atomic E-state index is 11.9. The van der Waals surface area contributed by atoms with Gasteiger partial charge in [-0.1, -0.05) is 43.6 Å². The molecule has 0 aliphatic heterocycles. The molecule has 0 fully saturated rings. The average molecular weight is 341 g/mol. The summed E-state index contributed by atoms with van der Waals surface area (Å²) in [5.41, 5.74) is 2.46. The second kappa shape index (κ2) is 7.02. The Bertz CT molecular complexity index is 489. The highest BCUT2D eigenvalue weighted by Gasteiger charge is 2.20. The lowest BCUT2D eigenvalue weighted by Gasteiger charge is -2.20. The van der Waals surface area contributed by atoms with Gasteiger partial charge in [0.2, 0.25) is 0 Å². The quantitative estimate of drug-likeness (QED) is 0.344. The number of carbonyl (C=O) groups is 2. The average Bonchev–Trinajstić information content (AvgIpc) is 2.36. The van der Waals surface area contributed by atoms with Gasteiger partial charge in [0.15, 0.2) is 5.78 Å². The molecule has 0 aliphatic carbocycles. The minimum atomic E-state index is -0.339. The van der Waals surface area contributed by atoms with Crippen molar-refractivity contribution in [3.8, 4) is 5.75 Å². The molecule has 110 valence electrons. The molecule has 0 aliphatic rings. The van der Waals surface area contributed by atoms with Crippen LogP contribution in [0.15, 0.2) is 12.1 Å². The summed E-state index contributed by atoms with van der Waals surface area (Å²) in [7, 11) is 0. The van der Waals surface area contributed by atoms with Crippen LogP contribution in [0.2, 0.25) is 0 Å². The molecule has 1 aromatic rings. The van der Waals surface area contributed by atoms with E-state index in [-0.39, 0.29) is 28.9 Å². The number of hydrogen-bond donors (Lipinski definition) is 0. The summed E-state index contributed by atoms with van der Waals surface area (Å²) >= 11 is 3.20. The third-order valence-electron chi connectivity index (χ3n) is 3.08. The van der Waals surface area contributed by atoms with E-state index in [1.165, 1.54) is 6.92 Å². The second-order valence-corrected chi connectivity index (χ2v) is 6.00. The fourth-order valence-electron chi connectivity index (χ4n) is 2.03. The lowest BCUT2D eigenvalue weighted by Crippen LogP contribution is -2.11. The Morgan fingerprint density at radius 2 is 1.55 bits per heavy atom. The Hall–Kier alpha value is -1.16. The van der Waals surface area contributed by atoms with Crippen molar-refractivity contribution in [2.24, 2.45) is 0 Å². The second-order valence-electron chi connectivity index (χ2n) is 5.44. The molecule has 1 aromatic carbocycles. The first-order chi connectivity index (χ1) is 9.27. The molecule has 4 heteroatoms. The van der Waals surface area contributed by atoms with Crippen LogP contribution in [0.4, 0.5) is 0 Å². The summed E-state index contributed by atoms with van der Waals surface area (Å²) in [4.78, 5) is 23.3. The van der Waals surface area contributed by atoms with E-state index < -0.39 is 0 Å². The number of Topliss-reactive ketones (excluding diaryl/α,β-unsaturated/α-hetero) is 1. The lowest BCUT2D eigenvalue weighted by atomic mass is 9.90. The van der Waals surface area contributed by atoms with Gasteiger partial charge in [0.25, 0.3) is 0 Å². The summed E-state index contributed by atoms with van der Waals surface area (Å²) in [6.45, 7) is 9.49. The predicted molar refractivity (Wildman–Crippen MR) is 84.1 cm³/mol. The molecule has 0 unspecified atom stereocenters. The number of rotatable bonds is 5. The van der Waals surface area contributed by atoms with E-state index in [0.717, 1.165) is 11.1 Å². The smallest absolute Gasteiger partial charge is 0.308 e. The monoisotopic (exact) mass is 340 g/mol. The fraction of sp³-hybridized carbons (Fsp3) is 0.500. The molecule has 0 saturated heterocycles. The van der Waals surface area contributed by atoms with Crippen molar-refractivity contribution in [3.63, 3.8) is 0 Å². The first-order valence-corrected chi connectivity index (χ1v) is 7.85. The molecular formula is C16H21BrO3.